The van der Waals surface area contributed by atoms with Gasteiger partial charge in [-0.15, -0.1) is 0 Å². The van der Waals surface area contributed by atoms with Gasteiger partial charge < -0.3 is 14.0 Å². The second-order valence-electron chi connectivity index (χ2n) is 15.2. The number of aliphatic imine (C=N–C) groups is 1. The minimum Gasteiger partial charge on any atom is -0.457 e. The summed E-state index contributed by atoms with van der Waals surface area (Å²) >= 11 is 0. The average molecular weight is 706 g/mol. The number of benzene rings is 4. The van der Waals surface area contributed by atoms with Crippen molar-refractivity contribution in [1.82, 2.24) is 9.97 Å². The molecule has 2 aromatic heterocycles. The molecule has 0 saturated carbocycles. The van der Waals surface area contributed by atoms with Gasteiger partial charge in [0.25, 0.3) is 0 Å². The van der Waals surface area contributed by atoms with Crippen molar-refractivity contribution in [3.63, 3.8) is 0 Å². The molecular formula is C47H40BN3O3. The number of pyridine rings is 2. The third-order valence-corrected chi connectivity index (χ3v) is 11.6. The minimum absolute atomic E-state index is 0.467. The zero-order valence-corrected chi connectivity index (χ0v) is 31.1. The first-order chi connectivity index (χ1) is 26.1. The van der Waals surface area contributed by atoms with E-state index >= 15 is 0 Å². The summed E-state index contributed by atoms with van der Waals surface area (Å²) in [6, 6.07) is 38.9. The lowest BCUT2D eigenvalue weighted by molar-refractivity contribution is 0.00578. The average Bonchev–Trinajstić information content (AvgIpc) is 3.60. The first kappa shape index (κ1) is 33.9. The predicted molar refractivity (Wildman–Crippen MR) is 218 cm³/mol. The van der Waals surface area contributed by atoms with Gasteiger partial charge in [-0.1, -0.05) is 78.9 Å². The van der Waals surface area contributed by atoms with Crippen molar-refractivity contribution >= 4 is 24.9 Å². The number of fused-ring (bicyclic) bond motifs is 9. The summed E-state index contributed by atoms with van der Waals surface area (Å²) in [6.07, 6.45) is 9.16. The Morgan fingerprint density at radius 1 is 0.704 bits per heavy atom. The van der Waals surface area contributed by atoms with Crippen molar-refractivity contribution in [2.24, 2.45) is 4.99 Å². The van der Waals surface area contributed by atoms with Crippen LogP contribution in [0.25, 0.3) is 39.1 Å². The molecule has 1 saturated heterocycles. The maximum atomic E-state index is 7.05. The molecule has 1 fully saturated rings. The summed E-state index contributed by atoms with van der Waals surface area (Å²) in [5.41, 5.74) is 12.2. The molecule has 4 aromatic carbocycles. The third kappa shape index (κ3) is 5.22. The molecule has 4 heterocycles. The highest BCUT2D eigenvalue weighted by Gasteiger charge is 2.54. The van der Waals surface area contributed by atoms with E-state index in [0.717, 1.165) is 61.7 Å². The van der Waals surface area contributed by atoms with E-state index in [1.807, 2.05) is 30.5 Å². The van der Waals surface area contributed by atoms with Gasteiger partial charge >= 0.3 is 7.12 Å². The Hall–Kier alpha value is -5.89. The first-order valence-corrected chi connectivity index (χ1v) is 18.3. The maximum absolute atomic E-state index is 7.05. The molecule has 1 spiro atoms. The SMILES string of the molecule is C=N/C=C\C=C(/C)c1cc(-c2ccc3c(c2)Oc2cc(B4OC(C)(C)C(C)(C)O4)ccc2C32c3ccccc3-c3ccccc32)cc(-c2cccnc2)n1. The molecule has 9 rings (SSSR count). The van der Waals surface area contributed by atoms with Crippen LogP contribution in [0.2, 0.25) is 0 Å². The highest BCUT2D eigenvalue weighted by Crippen LogP contribution is 2.62. The van der Waals surface area contributed by atoms with Gasteiger partial charge in [-0.2, -0.15) is 0 Å². The highest BCUT2D eigenvalue weighted by molar-refractivity contribution is 6.62. The second kappa shape index (κ2) is 12.6. The molecule has 264 valence electrons. The van der Waals surface area contributed by atoms with E-state index in [1.165, 1.54) is 22.3 Å². The van der Waals surface area contributed by atoms with E-state index in [9.17, 15) is 0 Å². The highest BCUT2D eigenvalue weighted by atomic mass is 16.7. The Bertz CT molecular complexity index is 2480. The standard InChI is InChI=1S/C47H40BN3O3/c1-30(13-11-23-49-6)41-25-33(26-42(51-41)32-14-12-24-50-29-32)31-19-21-39-43(27-31)52-44-28-34(48-53-45(2,3)46(4,5)54-48)20-22-40(44)47(39)37-17-9-7-15-35(37)36-16-8-10-18-38(36)47/h7-29H,6H2,1-5H3/b23-11-,30-13+. The largest absolute Gasteiger partial charge is 0.494 e. The number of allylic oxidation sites excluding steroid dienone is 3. The topological polar surface area (TPSA) is 65.8 Å². The Kier molecular flexibility index (Phi) is 7.92. The van der Waals surface area contributed by atoms with Crippen molar-refractivity contribution in [2.45, 2.75) is 51.2 Å². The molecule has 1 aliphatic carbocycles. The molecule has 0 atom stereocenters. The zero-order chi connectivity index (χ0) is 37.2. The number of nitrogens with zero attached hydrogens (tertiary/aromatic N) is 3. The number of aromatic nitrogens is 2. The van der Waals surface area contributed by atoms with Crippen molar-refractivity contribution in [3.05, 3.63) is 168 Å². The Morgan fingerprint density at radius 3 is 2.04 bits per heavy atom. The lowest BCUT2D eigenvalue weighted by atomic mass is 9.65. The quantitative estimate of drug-likeness (QED) is 0.0979. The van der Waals surface area contributed by atoms with Gasteiger partial charge in [0.05, 0.1) is 28.0 Å². The lowest BCUT2D eigenvalue weighted by Crippen LogP contribution is -2.41. The molecular weight excluding hydrogens is 665 g/mol. The van der Waals surface area contributed by atoms with Crippen LogP contribution >= 0.6 is 0 Å². The molecule has 0 N–H and O–H groups in total. The van der Waals surface area contributed by atoms with Crippen LogP contribution < -0.4 is 10.2 Å². The van der Waals surface area contributed by atoms with Gasteiger partial charge in [-0.25, -0.2) is 4.98 Å². The molecule has 2 aliphatic heterocycles. The van der Waals surface area contributed by atoms with E-state index in [-0.39, 0.29) is 0 Å². The van der Waals surface area contributed by atoms with Crippen LogP contribution in [0.15, 0.2) is 145 Å². The number of hydrogen-bond donors (Lipinski definition) is 0. The monoisotopic (exact) mass is 705 g/mol. The van der Waals surface area contributed by atoms with Crippen LogP contribution in [0.4, 0.5) is 0 Å². The molecule has 0 radical (unpaired) electrons. The third-order valence-electron chi connectivity index (χ3n) is 11.6. The Labute approximate surface area is 317 Å². The van der Waals surface area contributed by atoms with Crippen LogP contribution in [0.3, 0.4) is 0 Å². The predicted octanol–water partition coefficient (Wildman–Crippen LogP) is 10.2. The Balaban J connectivity index is 1.25. The van der Waals surface area contributed by atoms with Crippen molar-refractivity contribution < 1.29 is 14.0 Å². The zero-order valence-electron chi connectivity index (χ0n) is 31.1. The maximum Gasteiger partial charge on any atom is 0.494 e. The van der Waals surface area contributed by atoms with Crippen LogP contribution in [0.1, 0.15) is 62.6 Å². The number of hydrogen-bond acceptors (Lipinski definition) is 6. The molecule has 7 heteroatoms. The fourth-order valence-electron chi connectivity index (χ4n) is 8.13. The molecule has 6 nitrogen and oxygen atoms in total. The molecule has 0 bridgehead atoms. The number of rotatable bonds is 6. The van der Waals surface area contributed by atoms with Gasteiger partial charge in [0.15, 0.2) is 0 Å². The molecule has 0 unspecified atom stereocenters. The molecule has 54 heavy (non-hydrogen) atoms. The summed E-state index contributed by atoms with van der Waals surface area (Å²) in [5.74, 6) is 1.58. The molecule has 0 amide bonds. The lowest BCUT2D eigenvalue weighted by Gasteiger charge is -2.39. The summed E-state index contributed by atoms with van der Waals surface area (Å²) in [7, 11) is -0.523. The molecule has 3 aliphatic rings. The van der Waals surface area contributed by atoms with Crippen molar-refractivity contribution in [1.29, 1.82) is 0 Å². The minimum atomic E-state index is -0.599. The van der Waals surface area contributed by atoms with Gasteiger partial charge in [-0.3, -0.25) is 9.98 Å². The van der Waals surface area contributed by atoms with Gasteiger partial charge in [0.2, 0.25) is 0 Å². The van der Waals surface area contributed by atoms with E-state index < -0.39 is 23.7 Å². The van der Waals surface area contributed by atoms with Crippen LogP contribution in [-0.2, 0) is 14.7 Å². The normalized spacial score (nSPS) is 17.1. The molecule has 6 aromatic rings. The fraction of sp³-hybridized carbons (Fsp3) is 0.170. The van der Waals surface area contributed by atoms with Crippen molar-refractivity contribution in [3.8, 4) is 45.0 Å². The van der Waals surface area contributed by atoms with Crippen LogP contribution in [-0.4, -0.2) is 35.0 Å². The van der Waals surface area contributed by atoms with E-state index in [4.69, 9.17) is 19.0 Å². The van der Waals surface area contributed by atoms with E-state index in [0.29, 0.717) is 0 Å². The van der Waals surface area contributed by atoms with Gasteiger partial charge in [0, 0.05) is 35.3 Å². The fourth-order valence-corrected chi connectivity index (χ4v) is 8.13. The van der Waals surface area contributed by atoms with Gasteiger partial charge in [-0.05, 0) is 128 Å². The number of ether oxygens (including phenoxy) is 1. The van der Waals surface area contributed by atoms with Crippen molar-refractivity contribution in [2.75, 3.05) is 0 Å². The summed E-state index contributed by atoms with van der Waals surface area (Å²) < 4.78 is 20.1. The van der Waals surface area contributed by atoms with E-state index in [1.54, 1.807) is 12.4 Å². The van der Waals surface area contributed by atoms with Crippen LogP contribution in [0.5, 0.6) is 11.5 Å². The summed E-state index contributed by atoms with van der Waals surface area (Å²) in [4.78, 5) is 13.3. The summed E-state index contributed by atoms with van der Waals surface area (Å²) in [6.45, 7) is 13.9. The first-order valence-electron chi connectivity index (χ1n) is 18.3. The van der Waals surface area contributed by atoms with Crippen LogP contribution in [0, 0.1) is 0 Å². The Morgan fingerprint density at radius 2 is 1.37 bits per heavy atom. The van der Waals surface area contributed by atoms with Gasteiger partial charge in [0.1, 0.15) is 11.5 Å². The second-order valence-corrected chi connectivity index (χ2v) is 15.2. The smallest absolute Gasteiger partial charge is 0.457 e. The summed E-state index contributed by atoms with van der Waals surface area (Å²) in [5, 5.41) is 0. The van der Waals surface area contributed by atoms with E-state index in [2.05, 4.69) is 148 Å².